The highest BCUT2D eigenvalue weighted by atomic mass is 16.3. The number of hydrogen-bond donors (Lipinski definition) is 3. The fourth-order valence-electron chi connectivity index (χ4n) is 2.47. The largest absolute Gasteiger partial charge is 0.394 e. The van der Waals surface area contributed by atoms with Crippen LogP contribution in [0, 0.1) is 5.92 Å². The third kappa shape index (κ3) is 1.63. The number of aliphatic hydroxyl groups excluding tert-OH is 1. The number of nitrogens with one attached hydrogen (secondary N) is 2. The number of hydrogen-bond acceptors (Lipinski definition) is 2. The van der Waals surface area contributed by atoms with Gasteiger partial charge >= 0.3 is 6.03 Å². The van der Waals surface area contributed by atoms with Crippen LogP contribution in [-0.2, 0) is 0 Å². The van der Waals surface area contributed by atoms with E-state index < -0.39 is 0 Å². The number of carbonyl (C=O) groups is 1. The van der Waals surface area contributed by atoms with Gasteiger partial charge in [0.1, 0.15) is 0 Å². The Balaban J connectivity index is 1.99. The minimum Gasteiger partial charge on any atom is -0.394 e. The fraction of sp³-hybridized carbons (Fsp3) is 0.889. The molecule has 0 aromatic heterocycles. The zero-order chi connectivity index (χ0) is 9.26. The fourth-order valence-corrected chi connectivity index (χ4v) is 2.47. The SMILES string of the molecule is O=C1NC(CO)C(C2CCCC2)N1. The van der Waals surface area contributed by atoms with Gasteiger partial charge < -0.3 is 15.7 Å². The van der Waals surface area contributed by atoms with Crippen LogP contribution < -0.4 is 10.6 Å². The highest BCUT2D eigenvalue weighted by molar-refractivity contribution is 5.77. The van der Waals surface area contributed by atoms with Gasteiger partial charge in [-0.3, -0.25) is 0 Å². The van der Waals surface area contributed by atoms with E-state index in [0.717, 1.165) is 0 Å². The molecule has 2 fully saturated rings. The summed E-state index contributed by atoms with van der Waals surface area (Å²) in [4.78, 5) is 11.0. The van der Waals surface area contributed by atoms with Crippen molar-refractivity contribution in [1.82, 2.24) is 10.6 Å². The molecular formula is C9H16N2O2. The van der Waals surface area contributed by atoms with E-state index in [9.17, 15) is 4.79 Å². The Morgan fingerprint density at radius 1 is 1.31 bits per heavy atom. The van der Waals surface area contributed by atoms with Crippen LogP contribution in [0.1, 0.15) is 25.7 Å². The maximum Gasteiger partial charge on any atom is 0.315 e. The molecule has 0 aromatic carbocycles. The summed E-state index contributed by atoms with van der Waals surface area (Å²) in [5.41, 5.74) is 0. The molecule has 1 aliphatic carbocycles. The quantitative estimate of drug-likeness (QED) is 0.575. The summed E-state index contributed by atoms with van der Waals surface area (Å²) in [7, 11) is 0. The van der Waals surface area contributed by atoms with Crippen LogP contribution in [0.25, 0.3) is 0 Å². The molecule has 2 unspecified atom stereocenters. The van der Waals surface area contributed by atoms with Gasteiger partial charge in [0.25, 0.3) is 0 Å². The van der Waals surface area contributed by atoms with Crippen LogP contribution in [0.5, 0.6) is 0 Å². The molecule has 1 saturated heterocycles. The normalized spacial score (nSPS) is 34.7. The third-order valence-electron chi connectivity index (χ3n) is 3.15. The molecule has 2 aliphatic rings. The van der Waals surface area contributed by atoms with Gasteiger partial charge in [0, 0.05) is 0 Å². The maximum atomic E-state index is 11.0. The van der Waals surface area contributed by atoms with Crippen molar-refractivity contribution < 1.29 is 9.90 Å². The summed E-state index contributed by atoms with van der Waals surface area (Å²) < 4.78 is 0. The van der Waals surface area contributed by atoms with Gasteiger partial charge in [-0.1, -0.05) is 12.8 Å². The molecule has 74 valence electrons. The lowest BCUT2D eigenvalue weighted by Crippen LogP contribution is -2.41. The van der Waals surface area contributed by atoms with Gasteiger partial charge in [0.15, 0.2) is 0 Å². The van der Waals surface area contributed by atoms with Gasteiger partial charge in [-0.15, -0.1) is 0 Å². The highest BCUT2D eigenvalue weighted by Gasteiger charge is 2.37. The number of rotatable bonds is 2. The van der Waals surface area contributed by atoms with Crippen molar-refractivity contribution in [2.75, 3.05) is 6.61 Å². The molecule has 0 radical (unpaired) electrons. The molecule has 0 spiro atoms. The second-order valence-corrected chi connectivity index (χ2v) is 3.98. The summed E-state index contributed by atoms with van der Waals surface area (Å²) in [5, 5.41) is 14.7. The van der Waals surface area contributed by atoms with E-state index in [1.807, 2.05) is 0 Å². The number of urea groups is 1. The first-order chi connectivity index (χ1) is 6.31. The second-order valence-electron chi connectivity index (χ2n) is 3.98. The van der Waals surface area contributed by atoms with Crippen molar-refractivity contribution in [3.05, 3.63) is 0 Å². The molecule has 4 nitrogen and oxygen atoms in total. The zero-order valence-electron chi connectivity index (χ0n) is 7.62. The lowest BCUT2D eigenvalue weighted by molar-refractivity contribution is 0.220. The Morgan fingerprint density at radius 2 is 2.00 bits per heavy atom. The summed E-state index contributed by atoms with van der Waals surface area (Å²) >= 11 is 0. The van der Waals surface area contributed by atoms with Crippen molar-refractivity contribution in [2.45, 2.75) is 37.8 Å². The summed E-state index contributed by atoms with van der Waals surface area (Å²) in [6.45, 7) is 0.0416. The average molecular weight is 184 g/mol. The van der Waals surface area contributed by atoms with E-state index in [-0.39, 0.29) is 24.7 Å². The second kappa shape index (κ2) is 3.54. The van der Waals surface area contributed by atoms with Crippen molar-refractivity contribution in [2.24, 2.45) is 5.92 Å². The van der Waals surface area contributed by atoms with E-state index in [1.54, 1.807) is 0 Å². The molecule has 2 atom stereocenters. The molecule has 0 aromatic rings. The molecule has 2 rings (SSSR count). The van der Waals surface area contributed by atoms with Gasteiger partial charge in [-0.2, -0.15) is 0 Å². The molecule has 1 aliphatic heterocycles. The maximum absolute atomic E-state index is 11.0. The van der Waals surface area contributed by atoms with Crippen LogP contribution in [0.15, 0.2) is 0 Å². The smallest absolute Gasteiger partial charge is 0.315 e. The van der Waals surface area contributed by atoms with E-state index in [2.05, 4.69) is 10.6 Å². The first-order valence-electron chi connectivity index (χ1n) is 4.99. The molecule has 0 bridgehead atoms. The molecule has 1 saturated carbocycles. The van der Waals surface area contributed by atoms with Crippen LogP contribution in [0.4, 0.5) is 4.79 Å². The lowest BCUT2D eigenvalue weighted by Gasteiger charge is -2.22. The molecule has 1 heterocycles. The standard InChI is InChI=1S/C9H16N2O2/c12-5-7-8(11-9(13)10-7)6-3-1-2-4-6/h6-8,12H,1-5H2,(H2,10,11,13). The van der Waals surface area contributed by atoms with Crippen molar-refractivity contribution in [3.63, 3.8) is 0 Å². The summed E-state index contributed by atoms with van der Waals surface area (Å²) in [5.74, 6) is 0.566. The minimum atomic E-state index is -0.129. The van der Waals surface area contributed by atoms with Crippen molar-refractivity contribution >= 4 is 6.03 Å². The van der Waals surface area contributed by atoms with Crippen LogP contribution >= 0.6 is 0 Å². The van der Waals surface area contributed by atoms with E-state index in [4.69, 9.17) is 5.11 Å². The molecule has 2 amide bonds. The van der Waals surface area contributed by atoms with Crippen molar-refractivity contribution in [1.29, 1.82) is 0 Å². The highest BCUT2D eigenvalue weighted by Crippen LogP contribution is 2.30. The molecule has 4 heteroatoms. The Labute approximate surface area is 77.7 Å². The van der Waals surface area contributed by atoms with Gasteiger partial charge in [0.2, 0.25) is 0 Å². The Hall–Kier alpha value is -0.770. The Bertz CT molecular complexity index is 202. The number of amides is 2. The summed E-state index contributed by atoms with van der Waals surface area (Å²) in [6.07, 6.45) is 4.89. The summed E-state index contributed by atoms with van der Waals surface area (Å²) in [6, 6.07) is -0.0495. The molecular weight excluding hydrogens is 168 g/mol. The first-order valence-corrected chi connectivity index (χ1v) is 4.99. The average Bonchev–Trinajstić information content (AvgIpc) is 2.71. The van der Waals surface area contributed by atoms with E-state index in [0.29, 0.717) is 5.92 Å². The predicted molar refractivity (Wildman–Crippen MR) is 48.3 cm³/mol. The van der Waals surface area contributed by atoms with Gasteiger partial charge in [-0.05, 0) is 18.8 Å². The Morgan fingerprint density at radius 3 is 2.62 bits per heavy atom. The van der Waals surface area contributed by atoms with E-state index >= 15 is 0 Å². The lowest BCUT2D eigenvalue weighted by atomic mass is 9.93. The third-order valence-corrected chi connectivity index (χ3v) is 3.15. The van der Waals surface area contributed by atoms with Gasteiger partial charge in [-0.25, -0.2) is 4.79 Å². The molecule has 3 N–H and O–H groups in total. The van der Waals surface area contributed by atoms with E-state index in [1.165, 1.54) is 25.7 Å². The first kappa shape index (κ1) is 8.81. The van der Waals surface area contributed by atoms with Crippen LogP contribution in [0.2, 0.25) is 0 Å². The number of carbonyl (C=O) groups excluding carboxylic acids is 1. The minimum absolute atomic E-state index is 0.0416. The predicted octanol–water partition coefficient (Wildman–Crippen LogP) is 0.219. The van der Waals surface area contributed by atoms with Gasteiger partial charge in [0.05, 0.1) is 18.7 Å². The van der Waals surface area contributed by atoms with Crippen LogP contribution in [0.3, 0.4) is 0 Å². The zero-order valence-corrected chi connectivity index (χ0v) is 7.62. The monoisotopic (exact) mass is 184 g/mol. The Kier molecular flexibility index (Phi) is 2.40. The topological polar surface area (TPSA) is 61.4 Å². The molecule has 13 heavy (non-hydrogen) atoms. The van der Waals surface area contributed by atoms with Crippen LogP contribution in [-0.4, -0.2) is 29.8 Å². The number of aliphatic hydroxyl groups is 1. The van der Waals surface area contributed by atoms with Crippen molar-refractivity contribution in [3.8, 4) is 0 Å².